The molecule has 1 saturated carbocycles. The number of nitrogens with one attached hydrogen (secondary N) is 1. The van der Waals surface area contributed by atoms with Gasteiger partial charge in [-0.3, -0.25) is 0 Å². The lowest BCUT2D eigenvalue weighted by atomic mass is 9.95. The van der Waals surface area contributed by atoms with Crippen LogP contribution in [0.1, 0.15) is 54.9 Å². The molecular weight excluding hydrogens is 238 g/mol. The quantitative estimate of drug-likeness (QED) is 0.835. The van der Waals surface area contributed by atoms with Crippen molar-refractivity contribution in [2.75, 3.05) is 11.9 Å². The molecule has 3 heteroatoms. The lowest BCUT2D eigenvalue weighted by Gasteiger charge is -2.24. The minimum atomic E-state index is -0.241. The molecule has 1 N–H and O–H groups in total. The van der Waals surface area contributed by atoms with Crippen LogP contribution in [0.5, 0.6) is 0 Å². The van der Waals surface area contributed by atoms with Crippen molar-refractivity contribution in [3.63, 3.8) is 0 Å². The molecule has 1 fully saturated rings. The van der Waals surface area contributed by atoms with E-state index < -0.39 is 0 Å². The van der Waals surface area contributed by atoms with Gasteiger partial charge in [-0.25, -0.2) is 4.79 Å². The molecule has 0 amide bonds. The van der Waals surface area contributed by atoms with Gasteiger partial charge in [-0.2, -0.15) is 0 Å². The number of benzene rings is 1. The van der Waals surface area contributed by atoms with E-state index in [1.54, 1.807) is 0 Å². The first-order chi connectivity index (χ1) is 9.20. The van der Waals surface area contributed by atoms with Crippen LogP contribution in [0.15, 0.2) is 18.2 Å². The summed E-state index contributed by atoms with van der Waals surface area (Å²) in [7, 11) is 0. The van der Waals surface area contributed by atoms with Crippen LogP contribution < -0.4 is 5.32 Å². The number of hydrogen-bond acceptors (Lipinski definition) is 3. The zero-order valence-electron chi connectivity index (χ0n) is 11.9. The van der Waals surface area contributed by atoms with E-state index in [0.717, 1.165) is 11.3 Å². The summed E-state index contributed by atoms with van der Waals surface area (Å²) in [4.78, 5) is 11.7. The van der Waals surface area contributed by atoms with Crippen LogP contribution in [0.25, 0.3) is 0 Å². The number of aryl methyl sites for hydroxylation is 1. The van der Waals surface area contributed by atoms with Crippen molar-refractivity contribution in [1.82, 2.24) is 0 Å². The number of carbonyl (C=O) groups excluding carboxylic acids is 1. The summed E-state index contributed by atoms with van der Waals surface area (Å²) in [6.45, 7) is 4.28. The maximum atomic E-state index is 11.7. The summed E-state index contributed by atoms with van der Waals surface area (Å²) in [6, 6.07) is 6.33. The smallest absolute Gasteiger partial charge is 0.338 e. The van der Waals surface area contributed by atoms with Crippen LogP contribution in [0.4, 0.5) is 5.69 Å². The molecule has 0 saturated heterocycles. The van der Waals surface area contributed by atoms with Crippen LogP contribution in [-0.2, 0) is 4.74 Å². The molecule has 1 aliphatic carbocycles. The Morgan fingerprint density at radius 2 is 2.05 bits per heavy atom. The van der Waals surface area contributed by atoms with Gasteiger partial charge in [0.25, 0.3) is 0 Å². The Morgan fingerprint density at radius 1 is 1.32 bits per heavy atom. The maximum absolute atomic E-state index is 11.7. The first-order valence-corrected chi connectivity index (χ1v) is 7.25. The van der Waals surface area contributed by atoms with Gasteiger partial charge in [0.15, 0.2) is 0 Å². The number of carbonyl (C=O) groups is 1. The van der Waals surface area contributed by atoms with Gasteiger partial charge in [0.05, 0.1) is 12.2 Å². The van der Waals surface area contributed by atoms with Crippen molar-refractivity contribution in [3.8, 4) is 0 Å². The average Bonchev–Trinajstić information content (AvgIpc) is 2.42. The van der Waals surface area contributed by atoms with Crippen molar-refractivity contribution in [2.24, 2.45) is 0 Å². The summed E-state index contributed by atoms with van der Waals surface area (Å²) in [5.41, 5.74) is 2.88. The predicted octanol–water partition coefficient (Wildman–Crippen LogP) is 3.92. The normalized spacial score (nSPS) is 16.1. The second-order valence-corrected chi connectivity index (χ2v) is 5.23. The summed E-state index contributed by atoms with van der Waals surface area (Å²) >= 11 is 0. The SMILES string of the molecule is CCOC(=O)c1ccc(NC2CCCCC2)c(C)c1. The second-order valence-electron chi connectivity index (χ2n) is 5.23. The maximum Gasteiger partial charge on any atom is 0.338 e. The molecule has 0 heterocycles. The standard InChI is InChI=1S/C16H23NO2/c1-3-19-16(18)13-9-10-15(12(2)11-13)17-14-7-5-4-6-8-14/h9-11,14,17H,3-8H2,1-2H3. The fourth-order valence-corrected chi connectivity index (χ4v) is 2.63. The molecule has 0 aromatic heterocycles. The molecule has 1 aliphatic rings. The van der Waals surface area contributed by atoms with E-state index in [0.29, 0.717) is 18.2 Å². The van der Waals surface area contributed by atoms with E-state index >= 15 is 0 Å². The average molecular weight is 261 g/mol. The number of hydrogen-bond donors (Lipinski definition) is 1. The second kappa shape index (κ2) is 6.60. The summed E-state index contributed by atoms with van der Waals surface area (Å²) < 4.78 is 5.01. The topological polar surface area (TPSA) is 38.3 Å². The van der Waals surface area contributed by atoms with E-state index in [-0.39, 0.29) is 5.97 Å². The Kier molecular flexibility index (Phi) is 4.83. The molecule has 0 unspecified atom stereocenters. The van der Waals surface area contributed by atoms with Crippen LogP contribution in [-0.4, -0.2) is 18.6 Å². The minimum absolute atomic E-state index is 0.241. The van der Waals surface area contributed by atoms with Crippen LogP contribution in [0.3, 0.4) is 0 Å². The molecule has 1 aromatic carbocycles. The summed E-state index contributed by atoms with van der Waals surface area (Å²) in [5, 5.41) is 3.60. The van der Waals surface area contributed by atoms with Gasteiger partial charge in [0, 0.05) is 11.7 Å². The highest BCUT2D eigenvalue weighted by Gasteiger charge is 2.14. The van der Waals surface area contributed by atoms with Gasteiger partial charge in [-0.15, -0.1) is 0 Å². The van der Waals surface area contributed by atoms with Crippen molar-refractivity contribution in [1.29, 1.82) is 0 Å². The minimum Gasteiger partial charge on any atom is -0.462 e. The van der Waals surface area contributed by atoms with Crippen molar-refractivity contribution in [2.45, 2.75) is 52.0 Å². The van der Waals surface area contributed by atoms with E-state index in [1.807, 2.05) is 32.0 Å². The van der Waals surface area contributed by atoms with E-state index in [4.69, 9.17) is 4.74 Å². The predicted molar refractivity (Wildman–Crippen MR) is 77.6 cm³/mol. The van der Waals surface area contributed by atoms with E-state index in [1.165, 1.54) is 32.1 Å². The Hall–Kier alpha value is -1.51. The monoisotopic (exact) mass is 261 g/mol. The lowest BCUT2D eigenvalue weighted by molar-refractivity contribution is 0.0526. The summed E-state index contributed by atoms with van der Waals surface area (Å²) in [5.74, 6) is -0.241. The molecule has 2 rings (SSSR count). The molecule has 0 aliphatic heterocycles. The lowest BCUT2D eigenvalue weighted by Crippen LogP contribution is -2.22. The first-order valence-electron chi connectivity index (χ1n) is 7.25. The van der Waals surface area contributed by atoms with Crippen LogP contribution in [0.2, 0.25) is 0 Å². The zero-order valence-corrected chi connectivity index (χ0v) is 11.9. The number of anilines is 1. The molecule has 3 nitrogen and oxygen atoms in total. The molecule has 0 radical (unpaired) electrons. The molecule has 0 spiro atoms. The van der Waals surface area contributed by atoms with Crippen molar-refractivity contribution >= 4 is 11.7 Å². The molecule has 1 aromatic rings. The highest BCUT2D eigenvalue weighted by molar-refractivity contribution is 5.90. The Labute approximate surface area is 115 Å². The molecule has 104 valence electrons. The summed E-state index contributed by atoms with van der Waals surface area (Å²) in [6.07, 6.45) is 6.49. The van der Waals surface area contributed by atoms with Crippen molar-refractivity contribution < 1.29 is 9.53 Å². The molecule has 0 atom stereocenters. The highest BCUT2D eigenvalue weighted by atomic mass is 16.5. The third kappa shape index (κ3) is 3.72. The van der Waals surface area contributed by atoms with E-state index in [9.17, 15) is 4.79 Å². The third-order valence-corrected chi connectivity index (χ3v) is 3.70. The Morgan fingerprint density at radius 3 is 2.68 bits per heavy atom. The number of rotatable bonds is 4. The van der Waals surface area contributed by atoms with Crippen LogP contribution >= 0.6 is 0 Å². The Balaban J connectivity index is 2.04. The first kappa shape index (κ1) is 13.9. The van der Waals surface area contributed by atoms with Gasteiger partial charge in [-0.05, 0) is 50.5 Å². The largest absolute Gasteiger partial charge is 0.462 e. The molecular formula is C16H23NO2. The van der Waals surface area contributed by atoms with Gasteiger partial charge < -0.3 is 10.1 Å². The number of esters is 1. The molecule has 19 heavy (non-hydrogen) atoms. The van der Waals surface area contributed by atoms with Gasteiger partial charge in [0.2, 0.25) is 0 Å². The van der Waals surface area contributed by atoms with Crippen molar-refractivity contribution in [3.05, 3.63) is 29.3 Å². The fourth-order valence-electron chi connectivity index (χ4n) is 2.63. The van der Waals surface area contributed by atoms with E-state index in [2.05, 4.69) is 5.32 Å². The zero-order chi connectivity index (χ0) is 13.7. The van der Waals surface area contributed by atoms with Crippen LogP contribution in [0, 0.1) is 6.92 Å². The third-order valence-electron chi connectivity index (χ3n) is 3.70. The van der Waals surface area contributed by atoms with Gasteiger partial charge in [0.1, 0.15) is 0 Å². The highest BCUT2D eigenvalue weighted by Crippen LogP contribution is 2.24. The number of ether oxygens (including phenoxy) is 1. The van der Waals surface area contributed by atoms with Gasteiger partial charge >= 0.3 is 5.97 Å². The van der Waals surface area contributed by atoms with Gasteiger partial charge in [-0.1, -0.05) is 19.3 Å². The Bertz CT molecular complexity index is 436. The molecule has 0 bridgehead atoms. The fraction of sp³-hybridized carbons (Fsp3) is 0.562.